The third-order valence-electron chi connectivity index (χ3n) is 3.26. The van der Waals surface area contributed by atoms with Crippen LogP contribution in [0.1, 0.15) is 41.0 Å². The van der Waals surface area contributed by atoms with Crippen molar-refractivity contribution in [3.05, 3.63) is 46.2 Å². The van der Waals surface area contributed by atoms with Gasteiger partial charge in [0.1, 0.15) is 5.75 Å². The van der Waals surface area contributed by atoms with Crippen molar-refractivity contribution in [1.82, 2.24) is 5.32 Å². The van der Waals surface area contributed by atoms with Gasteiger partial charge in [0, 0.05) is 10.4 Å². The number of methoxy groups -OCH3 is 1. The summed E-state index contributed by atoms with van der Waals surface area (Å²) in [4.78, 5) is 13.5. The van der Waals surface area contributed by atoms with E-state index >= 15 is 0 Å². The van der Waals surface area contributed by atoms with Gasteiger partial charge in [0.15, 0.2) is 0 Å². The Labute approximate surface area is 128 Å². The molecule has 0 fully saturated rings. The molecule has 0 radical (unpaired) electrons. The summed E-state index contributed by atoms with van der Waals surface area (Å²) in [7, 11) is 1.56. The zero-order valence-corrected chi connectivity index (χ0v) is 13.1. The molecular weight excluding hydrogens is 284 g/mol. The molecule has 1 amide bonds. The minimum atomic E-state index is -0.115. The van der Waals surface area contributed by atoms with Crippen molar-refractivity contribution < 1.29 is 9.53 Å². The number of carbonyl (C=O) groups is 1. The number of hydrogen-bond acceptors (Lipinski definition) is 4. The van der Waals surface area contributed by atoms with Crippen LogP contribution in [0.5, 0.6) is 5.75 Å². The average molecular weight is 304 g/mol. The van der Waals surface area contributed by atoms with Crippen LogP contribution < -0.4 is 15.8 Å². The Bertz CT molecular complexity index is 596. The molecule has 1 unspecified atom stereocenters. The Morgan fingerprint density at radius 3 is 2.81 bits per heavy atom. The van der Waals surface area contributed by atoms with Gasteiger partial charge in [-0.1, -0.05) is 19.4 Å². The molecule has 0 aliphatic heterocycles. The predicted octanol–water partition coefficient (Wildman–Crippen LogP) is 3.61. The van der Waals surface area contributed by atoms with Crippen molar-refractivity contribution in [2.75, 3.05) is 12.8 Å². The highest BCUT2D eigenvalue weighted by Crippen LogP contribution is 2.25. The molecule has 1 heterocycles. The van der Waals surface area contributed by atoms with Gasteiger partial charge in [0.2, 0.25) is 0 Å². The molecule has 1 aromatic carbocycles. The Hall–Kier alpha value is -2.01. The topological polar surface area (TPSA) is 64.3 Å². The number of thiophene rings is 1. The minimum Gasteiger partial charge on any atom is -0.495 e. The average Bonchev–Trinajstić information content (AvgIpc) is 3.00. The molecule has 0 saturated heterocycles. The van der Waals surface area contributed by atoms with E-state index in [4.69, 9.17) is 10.5 Å². The van der Waals surface area contributed by atoms with E-state index in [0.29, 0.717) is 17.0 Å². The third-order valence-corrected chi connectivity index (χ3v) is 4.25. The van der Waals surface area contributed by atoms with Gasteiger partial charge in [-0.3, -0.25) is 4.79 Å². The summed E-state index contributed by atoms with van der Waals surface area (Å²) >= 11 is 1.66. The van der Waals surface area contributed by atoms with Crippen LogP contribution >= 0.6 is 11.3 Å². The molecule has 5 heteroatoms. The molecule has 0 spiro atoms. The number of nitrogen functional groups attached to an aromatic ring is 1. The van der Waals surface area contributed by atoms with Crippen LogP contribution in [0.25, 0.3) is 0 Å². The molecule has 1 atom stereocenters. The normalized spacial score (nSPS) is 11.9. The largest absolute Gasteiger partial charge is 0.495 e. The summed E-state index contributed by atoms with van der Waals surface area (Å²) in [6.07, 6.45) is 1.92. The lowest BCUT2D eigenvalue weighted by Crippen LogP contribution is -2.28. The molecule has 2 aromatic rings. The molecule has 4 nitrogen and oxygen atoms in total. The maximum absolute atomic E-state index is 12.4. The number of hydrogen-bond donors (Lipinski definition) is 2. The lowest BCUT2D eigenvalue weighted by atomic mass is 10.1. The molecular formula is C16H20N2O2S. The highest BCUT2D eigenvalue weighted by Gasteiger charge is 2.16. The number of anilines is 1. The monoisotopic (exact) mass is 304 g/mol. The summed E-state index contributed by atoms with van der Waals surface area (Å²) in [6, 6.07) is 9.18. The molecule has 3 N–H and O–H groups in total. The molecule has 2 rings (SSSR count). The van der Waals surface area contributed by atoms with E-state index in [-0.39, 0.29) is 11.9 Å². The standard InChI is InChI=1S/C16H20N2O2S/c1-3-5-13(15-6-4-9-21-15)18-16(19)11-7-8-14(20-2)12(17)10-11/h4,6-10,13H,3,5,17H2,1-2H3,(H,18,19). The van der Waals surface area contributed by atoms with Crippen molar-refractivity contribution in [3.8, 4) is 5.75 Å². The second kappa shape index (κ2) is 7.13. The van der Waals surface area contributed by atoms with E-state index in [9.17, 15) is 4.79 Å². The summed E-state index contributed by atoms with van der Waals surface area (Å²) in [5.74, 6) is 0.464. The zero-order chi connectivity index (χ0) is 15.2. The van der Waals surface area contributed by atoms with Crippen LogP contribution in [0, 0.1) is 0 Å². The molecule has 1 aromatic heterocycles. The van der Waals surface area contributed by atoms with Crippen molar-refractivity contribution in [2.24, 2.45) is 0 Å². The van der Waals surface area contributed by atoms with Crippen LogP contribution in [0.4, 0.5) is 5.69 Å². The van der Waals surface area contributed by atoms with Crippen molar-refractivity contribution >= 4 is 22.9 Å². The number of nitrogens with one attached hydrogen (secondary N) is 1. The maximum atomic E-state index is 12.4. The number of carbonyl (C=O) groups excluding carboxylic acids is 1. The van der Waals surface area contributed by atoms with Gasteiger partial charge in [-0.05, 0) is 36.1 Å². The molecule has 0 saturated carbocycles. The van der Waals surface area contributed by atoms with Crippen LogP contribution in [-0.4, -0.2) is 13.0 Å². The smallest absolute Gasteiger partial charge is 0.251 e. The lowest BCUT2D eigenvalue weighted by Gasteiger charge is -2.17. The maximum Gasteiger partial charge on any atom is 0.251 e. The van der Waals surface area contributed by atoms with Gasteiger partial charge < -0.3 is 15.8 Å². The Morgan fingerprint density at radius 1 is 1.43 bits per heavy atom. The van der Waals surface area contributed by atoms with Gasteiger partial charge in [-0.2, -0.15) is 0 Å². The van der Waals surface area contributed by atoms with Crippen LogP contribution in [0.2, 0.25) is 0 Å². The summed E-state index contributed by atoms with van der Waals surface area (Å²) < 4.78 is 5.10. The summed E-state index contributed by atoms with van der Waals surface area (Å²) in [5.41, 5.74) is 6.86. The quantitative estimate of drug-likeness (QED) is 0.801. The van der Waals surface area contributed by atoms with Crippen LogP contribution in [0.3, 0.4) is 0 Å². The van der Waals surface area contributed by atoms with Gasteiger partial charge in [0.05, 0.1) is 18.8 Å². The fraction of sp³-hybridized carbons (Fsp3) is 0.312. The fourth-order valence-electron chi connectivity index (χ4n) is 2.18. The first kappa shape index (κ1) is 15.4. The number of ether oxygens (including phenoxy) is 1. The molecule has 0 bridgehead atoms. The van der Waals surface area contributed by atoms with E-state index in [1.54, 1.807) is 36.6 Å². The first-order valence-electron chi connectivity index (χ1n) is 6.93. The summed E-state index contributed by atoms with van der Waals surface area (Å²) in [6.45, 7) is 2.11. The van der Waals surface area contributed by atoms with Gasteiger partial charge in [-0.25, -0.2) is 0 Å². The number of amides is 1. The Morgan fingerprint density at radius 2 is 2.24 bits per heavy atom. The molecule has 112 valence electrons. The number of benzene rings is 1. The van der Waals surface area contributed by atoms with E-state index in [1.165, 1.54) is 4.88 Å². The number of rotatable bonds is 6. The van der Waals surface area contributed by atoms with Crippen molar-refractivity contribution in [1.29, 1.82) is 0 Å². The highest BCUT2D eigenvalue weighted by molar-refractivity contribution is 7.10. The fourth-order valence-corrected chi connectivity index (χ4v) is 2.99. The zero-order valence-electron chi connectivity index (χ0n) is 12.3. The minimum absolute atomic E-state index is 0.0471. The number of nitrogens with two attached hydrogens (primary N) is 1. The second-order valence-corrected chi connectivity index (χ2v) is 5.77. The molecule has 0 aliphatic rings. The molecule has 21 heavy (non-hydrogen) atoms. The van der Waals surface area contributed by atoms with Gasteiger partial charge in [0.25, 0.3) is 5.91 Å². The molecule has 0 aliphatic carbocycles. The van der Waals surface area contributed by atoms with E-state index in [1.807, 2.05) is 17.5 Å². The first-order chi connectivity index (χ1) is 10.2. The van der Waals surface area contributed by atoms with E-state index in [0.717, 1.165) is 12.8 Å². The predicted molar refractivity (Wildman–Crippen MR) is 86.8 cm³/mol. The lowest BCUT2D eigenvalue weighted by molar-refractivity contribution is 0.0935. The van der Waals surface area contributed by atoms with Crippen LogP contribution in [0.15, 0.2) is 35.7 Å². The Kier molecular flexibility index (Phi) is 5.22. The van der Waals surface area contributed by atoms with Crippen molar-refractivity contribution in [2.45, 2.75) is 25.8 Å². The van der Waals surface area contributed by atoms with Gasteiger partial charge >= 0.3 is 0 Å². The summed E-state index contributed by atoms with van der Waals surface area (Å²) in [5, 5.41) is 5.10. The SMILES string of the molecule is CCCC(NC(=O)c1ccc(OC)c(N)c1)c1cccs1. The Balaban J connectivity index is 2.13. The third kappa shape index (κ3) is 3.76. The first-order valence-corrected chi connectivity index (χ1v) is 7.81. The van der Waals surface area contributed by atoms with E-state index < -0.39 is 0 Å². The second-order valence-electron chi connectivity index (χ2n) is 4.79. The van der Waals surface area contributed by atoms with E-state index in [2.05, 4.69) is 12.2 Å². The van der Waals surface area contributed by atoms with Gasteiger partial charge in [-0.15, -0.1) is 11.3 Å². The van der Waals surface area contributed by atoms with Crippen LogP contribution in [-0.2, 0) is 0 Å². The highest BCUT2D eigenvalue weighted by atomic mass is 32.1. The van der Waals surface area contributed by atoms with Crippen molar-refractivity contribution in [3.63, 3.8) is 0 Å².